The van der Waals surface area contributed by atoms with Gasteiger partial charge in [0, 0.05) is 21.3 Å². The number of carbonyl (C=O) groups excluding carboxylic acids is 4. The van der Waals surface area contributed by atoms with E-state index in [0.717, 1.165) is 63.2 Å². The molecule has 578 valence electrons. The molecule has 0 aliphatic carbocycles. The number of halogens is 10. The van der Waals surface area contributed by atoms with Crippen LogP contribution in [0.15, 0.2) is 186 Å². The number of anilines is 3. The molecule has 7 N–H and O–H groups in total. The van der Waals surface area contributed by atoms with E-state index in [9.17, 15) is 68.9 Å². The van der Waals surface area contributed by atoms with Crippen molar-refractivity contribution >= 4 is 66.6 Å². The number of phenols is 2. The number of benzene rings is 8. The first-order valence-electron chi connectivity index (χ1n) is 26.8. The van der Waals surface area contributed by atoms with E-state index < -0.39 is 62.7 Å². The number of hydrogen-bond acceptors (Lipinski definition) is 11. The van der Waals surface area contributed by atoms with Gasteiger partial charge >= 0.3 is 47.2 Å². The van der Waals surface area contributed by atoms with Crippen molar-refractivity contribution in [2.75, 3.05) is 16.0 Å². The third-order valence-electron chi connectivity index (χ3n) is 13.2. The maximum Gasteiger partial charge on any atom is 1.00 e. The molecular formula is C77H106BrF9LiN3O12S. The number of hydrogen-bond donors (Lipinski definition) is 7. The molecule has 3 aliphatic rings. The number of ketones is 1. The minimum absolute atomic E-state index is 0. The third-order valence-corrected chi connectivity index (χ3v) is 14.3. The molecule has 0 fully saturated rings. The van der Waals surface area contributed by atoms with E-state index in [1.807, 2.05) is 87.5 Å². The summed E-state index contributed by atoms with van der Waals surface area (Å²) in [7, 11) is -5.84. The van der Waals surface area contributed by atoms with E-state index in [4.69, 9.17) is 18.1 Å². The van der Waals surface area contributed by atoms with Gasteiger partial charge in [0.05, 0.1) is 16.9 Å². The van der Waals surface area contributed by atoms with Crippen molar-refractivity contribution in [3.8, 4) is 23.0 Å². The zero-order valence-electron chi connectivity index (χ0n) is 49.7. The van der Waals surface area contributed by atoms with Crippen LogP contribution in [0.25, 0.3) is 0 Å². The normalized spacial score (nSPS) is 13.9. The Bertz CT molecular complexity index is 3900. The number of fused-ring (bicyclic) bond motifs is 3. The molecule has 0 saturated heterocycles. The summed E-state index contributed by atoms with van der Waals surface area (Å²) < 4.78 is 137. The van der Waals surface area contributed by atoms with Crippen molar-refractivity contribution in [3.05, 3.63) is 249 Å². The Hall–Kier alpha value is -8.64. The van der Waals surface area contributed by atoms with Crippen LogP contribution in [0.4, 0.5) is 56.6 Å². The van der Waals surface area contributed by atoms with Crippen molar-refractivity contribution in [2.45, 2.75) is 166 Å². The van der Waals surface area contributed by atoms with E-state index in [-0.39, 0.29) is 131 Å². The quantitative estimate of drug-likeness (QED) is 0.0206. The van der Waals surface area contributed by atoms with Gasteiger partial charge in [-0.1, -0.05) is 239 Å². The summed E-state index contributed by atoms with van der Waals surface area (Å²) in [6.45, 7) is 13.4. The Kier molecular flexibility index (Phi) is 53.0. The predicted molar refractivity (Wildman–Crippen MR) is 407 cm³/mol. The van der Waals surface area contributed by atoms with Gasteiger partial charge in [0.25, 0.3) is 17.6 Å². The van der Waals surface area contributed by atoms with Crippen LogP contribution in [0.3, 0.4) is 0 Å². The largest absolute Gasteiger partial charge is 1.00 e. The average molecular weight is 1560 g/mol. The zero-order valence-corrected chi connectivity index (χ0v) is 52.1. The summed E-state index contributed by atoms with van der Waals surface area (Å²) in [4.78, 5) is 47.6. The Labute approximate surface area is 632 Å². The number of amides is 3. The molecule has 3 aliphatic heterocycles. The molecule has 15 nitrogen and oxygen atoms in total. The number of nitrogens with one attached hydrogen (secondary N) is 3. The fourth-order valence-corrected chi connectivity index (χ4v) is 9.02. The molecule has 8 aromatic carbocycles. The Balaban J connectivity index is -0.000000151. The molecular weight excluding hydrogens is 1450 g/mol. The second kappa shape index (κ2) is 48.4. The number of rotatable bonds is 6. The van der Waals surface area contributed by atoms with E-state index in [1.54, 1.807) is 73.7 Å². The Morgan fingerprint density at radius 1 is 0.471 bits per heavy atom. The molecule has 8 aromatic rings. The van der Waals surface area contributed by atoms with E-state index in [1.165, 1.54) is 42.8 Å². The first-order chi connectivity index (χ1) is 42.5. The van der Waals surface area contributed by atoms with Gasteiger partial charge in [0.15, 0.2) is 5.60 Å². The maximum atomic E-state index is 13.3. The number of aromatic hydroxyl groups is 2. The van der Waals surface area contributed by atoms with Gasteiger partial charge in [-0.2, -0.15) is 28.0 Å². The topological polar surface area (TPSA) is 238 Å². The zero-order chi connectivity index (χ0) is 67.9. The molecule has 3 amide bonds. The van der Waals surface area contributed by atoms with Crippen LogP contribution in [0.5, 0.6) is 23.0 Å². The molecule has 0 saturated carbocycles. The summed E-state index contributed by atoms with van der Waals surface area (Å²) >= 11 is 3.09. The van der Waals surface area contributed by atoms with E-state index >= 15 is 0 Å². The molecule has 3 heterocycles. The van der Waals surface area contributed by atoms with Gasteiger partial charge in [0.1, 0.15) is 28.4 Å². The summed E-state index contributed by atoms with van der Waals surface area (Å²) in [6.07, 6.45) is -7.14. The van der Waals surface area contributed by atoms with Gasteiger partial charge < -0.3 is 47.7 Å². The van der Waals surface area contributed by atoms with Crippen molar-refractivity contribution in [1.82, 2.24) is 0 Å². The van der Waals surface area contributed by atoms with Crippen LogP contribution in [0.1, 0.15) is 169 Å². The molecule has 11 rings (SSSR count). The second-order valence-electron chi connectivity index (χ2n) is 19.7. The molecule has 0 aromatic heterocycles. The number of carbonyl (C=O) groups is 4. The number of alkyl halides is 9. The van der Waals surface area contributed by atoms with Crippen molar-refractivity contribution < 1.29 is 115 Å². The van der Waals surface area contributed by atoms with Crippen molar-refractivity contribution in [2.24, 2.45) is 0 Å². The Morgan fingerprint density at radius 3 is 1.19 bits per heavy atom. The van der Waals surface area contributed by atoms with Gasteiger partial charge in [-0.3, -0.25) is 23.7 Å². The van der Waals surface area contributed by atoms with Gasteiger partial charge in [0.2, 0.25) is 5.91 Å². The smallest absolute Gasteiger partial charge is 0.508 e. The van der Waals surface area contributed by atoms with E-state index in [2.05, 4.69) is 55.2 Å². The molecule has 104 heavy (non-hydrogen) atoms. The number of phenolic OH excluding ortho intramolecular Hbond substituents is 2. The molecule has 2 unspecified atom stereocenters. The number of Topliss-reactive ketones (excluding diaryl/α,β-unsaturated/α-hetero) is 1. The molecule has 0 radical (unpaired) electrons. The monoisotopic (exact) mass is 1550 g/mol. The summed E-state index contributed by atoms with van der Waals surface area (Å²) in [5.41, 5.74) is 1.27. The third kappa shape index (κ3) is 29.8. The standard InChI is InChI=1S/C22H19NO2.C16H12F3NO3.C9H7NO2.C7H4BrF3O.C6H6O.C4H9.CHF3O3S.12CH4.Li/c1-14-6-8-16(9-7-14)22(17-10-12-18(24)13-11-17)19-5-3-4-15(2)20(19)23-21(22)25;1-9-3-2-4-12-13(9)20-14(21)15(12,22)10-5-7-11(8-6-10)23-16(17,18)19;1-5-3-2-4-6-7(5)10-9(12)8(6)11;8-5-1-3-6(4-2-5)12-7(9,10)11;7-6-4-2-1-3-5-6;1-3-4-2;2-1(3,4)8(5,6)7;;;;;;;;;;;;;/h3-13,24H,1-2H3,(H,23,25);2-8,22H,1H3,(H,20,21);2-4H,1H3,(H,10,11,12);1-4H;1-5,7H;1,3-4H2,2H3;(H,5,6,7);12*1H4;/q;;;;;-1;;;;;;;;;;;;;;+1. The number of para-hydroxylation sites is 4. The maximum absolute atomic E-state index is 13.3. The van der Waals surface area contributed by atoms with Crippen LogP contribution in [0, 0.1) is 34.6 Å². The summed E-state index contributed by atoms with van der Waals surface area (Å²) in [5.74, 6) is -1.81. The number of ether oxygens (including phenoxy) is 2. The summed E-state index contributed by atoms with van der Waals surface area (Å²) in [6, 6.07) is 50.1. The van der Waals surface area contributed by atoms with Crippen molar-refractivity contribution in [3.63, 3.8) is 0 Å². The van der Waals surface area contributed by atoms with Crippen LogP contribution in [-0.2, 0) is 35.5 Å². The minimum atomic E-state index is -5.84. The first kappa shape index (κ1) is 114. The van der Waals surface area contributed by atoms with Crippen LogP contribution >= 0.6 is 15.9 Å². The SMILES string of the molecule is C.C.C.C.C.C.C.C.C.C.C.C.Cc1ccc(C2(c3ccc(O)cc3)C(=O)Nc3c(C)cccc32)cc1.Cc1cccc2c1NC(=O)C2(O)c1ccc(OC(F)(F)F)cc1.Cc1cccc2c1NC(=O)C2=O.FC(F)(F)Oc1ccc(Br)cc1.O=S(=O)(O)C(F)(F)F.Oc1ccccc1.[CH2-]CCC.[Li+]. The fourth-order valence-electron chi connectivity index (χ4n) is 8.76. The average Bonchev–Trinajstić information content (AvgIpc) is 1.54. The molecule has 0 bridgehead atoms. The number of aliphatic hydroxyl groups is 1. The fraction of sp³-hybridized carbons (Fsp3) is 0.312. The van der Waals surface area contributed by atoms with Gasteiger partial charge in [-0.25, -0.2) is 0 Å². The van der Waals surface area contributed by atoms with E-state index in [0.29, 0.717) is 32.7 Å². The second-order valence-corrected chi connectivity index (χ2v) is 22.1. The minimum Gasteiger partial charge on any atom is -0.508 e. The summed E-state index contributed by atoms with van der Waals surface area (Å²) in [5, 5.41) is 37.4. The van der Waals surface area contributed by atoms with Gasteiger partial charge in [-0.05, 0) is 128 Å². The van der Waals surface area contributed by atoms with Crippen LogP contribution in [-0.4, -0.2) is 70.0 Å². The predicted octanol–water partition coefficient (Wildman–Crippen LogP) is 19.9. The van der Waals surface area contributed by atoms with Crippen LogP contribution < -0.4 is 44.3 Å². The number of aryl methyl sites for hydroxylation is 4. The Morgan fingerprint density at radius 2 is 0.817 bits per heavy atom. The molecule has 2 atom stereocenters. The molecule has 27 heteroatoms. The first-order valence-corrected chi connectivity index (χ1v) is 29.0. The van der Waals surface area contributed by atoms with Gasteiger partial charge in [-0.15, -0.1) is 26.3 Å². The van der Waals surface area contributed by atoms with Crippen molar-refractivity contribution in [1.29, 1.82) is 0 Å². The van der Waals surface area contributed by atoms with Crippen LogP contribution in [0.2, 0.25) is 0 Å². The molecule has 0 spiro atoms. The number of unbranched alkanes of at least 4 members (excludes halogenated alkanes) is 1.